The molecule has 0 radical (unpaired) electrons. The molecular formula is C12H13N3O3S2. The van der Waals surface area contributed by atoms with Crippen LogP contribution in [0.5, 0.6) is 0 Å². The largest absolute Gasteiger partial charge is 0.398 e. The summed E-state index contributed by atoms with van der Waals surface area (Å²) in [5.74, 6) is -0.231. The molecule has 1 amide bonds. The molecule has 0 aliphatic heterocycles. The van der Waals surface area contributed by atoms with Crippen molar-refractivity contribution in [1.82, 2.24) is 5.32 Å². The van der Waals surface area contributed by atoms with Crippen molar-refractivity contribution < 1.29 is 13.2 Å². The molecule has 6 nitrogen and oxygen atoms in total. The lowest BCUT2D eigenvalue weighted by Crippen LogP contribution is -2.17. The van der Waals surface area contributed by atoms with Gasteiger partial charge in [-0.25, -0.2) is 8.42 Å². The van der Waals surface area contributed by atoms with Crippen LogP contribution in [0.4, 0.5) is 11.4 Å². The van der Waals surface area contributed by atoms with Crippen molar-refractivity contribution in [2.75, 3.05) is 17.5 Å². The van der Waals surface area contributed by atoms with Crippen LogP contribution in [0.2, 0.25) is 0 Å². The van der Waals surface area contributed by atoms with Crippen LogP contribution in [0.15, 0.2) is 39.9 Å². The Morgan fingerprint density at radius 2 is 1.90 bits per heavy atom. The molecule has 0 unspecified atom stereocenters. The number of amides is 1. The zero-order valence-corrected chi connectivity index (χ0v) is 12.2. The molecule has 8 heteroatoms. The maximum atomic E-state index is 12.1. The Morgan fingerprint density at radius 1 is 1.25 bits per heavy atom. The smallest absolute Gasteiger partial charge is 0.271 e. The first-order valence-electron chi connectivity index (χ1n) is 5.61. The fourth-order valence-electron chi connectivity index (χ4n) is 1.51. The lowest BCUT2D eigenvalue weighted by molar-refractivity contribution is 0.0963. The molecule has 0 bridgehead atoms. The van der Waals surface area contributed by atoms with Crippen LogP contribution >= 0.6 is 11.3 Å². The topological polar surface area (TPSA) is 101 Å². The summed E-state index contributed by atoms with van der Waals surface area (Å²) < 4.78 is 26.7. The number of sulfonamides is 1. The molecule has 0 saturated carbocycles. The average molecular weight is 311 g/mol. The number of thiophene rings is 1. The summed E-state index contributed by atoms with van der Waals surface area (Å²) in [4.78, 5) is 11.4. The fourth-order valence-corrected chi connectivity index (χ4v) is 3.65. The quantitative estimate of drug-likeness (QED) is 0.796. The van der Waals surface area contributed by atoms with Crippen LogP contribution in [0, 0.1) is 0 Å². The number of carbonyl (C=O) groups is 1. The molecular weight excluding hydrogens is 298 g/mol. The number of benzene rings is 1. The molecule has 0 spiro atoms. The number of carbonyl (C=O) groups excluding carboxylic acids is 1. The molecule has 20 heavy (non-hydrogen) atoms. The SMILES string of the molecule is CNC(=O)c1ccc(NS(=O)(=O)c2cc(N)cs2)cc1. The maximum absolute atomic E-state index is 12.1. The molecule has 0 aliphatic rings. The van der Waals surface area contributed by atoms with Crippen molar-refractivity contribution in [3.8, 4) is 0 Å². The predicted octanol–water partition coefficient (Wildman–Crippen LogP) is 1.49. The van der Waals surface area contributed by atoms with Crippen molar-refractivity contribution in [3.05, 3.63) is 41.3 Å². The molecule has 106 valence electrons. The number of anilines is 2. The second-order valence-corrected chi connectivity index (χ2v) is 6.78. The van der Waals surface area contributed by atoms with Crippen LogP contribution in [0.3, 0.4) is 0 Å². The minimum Gasteiger partial charge on any atom is -0.398 e. The summed E-state index contributed by atoms with van der Waals surface area (Å²) in [5, 5.41) is 4.05. The normalized spacial score (nSPS) is 11.1. The van der Waals surface area contributed by atoms with E-state index in [9.17, 15) is 13.2 Å². The van der Waals surface area contributed by atoms with E-state index in [0.29, 0.717) is 16.9 Å². The highest BCUT2D eigenvalue weighted by atomic mass is 32.2. The number of nitrogen functional groups attached to an aromatic ring is 1. The minimum atomic E-state index is -3.64. The Kier molecular flexibility index (Phi) is 3.96. The number of rotatable bonds is 4. The molecule has 0 atom stereocenters. The highest BCUT2D eigenvalue weighted by molar-refractivity contribution is 7.94. The lowest BCUT2D eigenvalue weighted by Gasteiger charge is -2.07. The molecule has 2 aromatic rings. The highest BCUT2D eigenvalue weighted by Crippen LogP contribution is 2.24. The predicted molar refractivity (Wildman–Crippen MR) is 79.4 cm³/mol. The van der Waals surface area contributed by atoms with Gasteiger partial charge in [-0.05, 0) is 30.3 Å². The van der Waals surface area contributed by atoms with Crippen LogP contribution < -0.4 is 15.8 Å². The summed E-state index contributed by atoms with van der Waals surface area (Å²) in [6.45, 7) is 0. The molecule has 1 heterocycles. The van der Waals surface area contributed by atoms with Gasteiger partial charge in [-0.1, -0.05) is 0 Å². The number of nitrogens with two attached hydrogens (primary N) is 1. The van der Waals surface area contributed by atoms with Crippen LogP contribution in [-0.2, 0) is 10.0 Å². The third kappa shape index (κ3) is 3.09. The van der Waals surface area contributed by atoms with E-state index in [1.807, 2.05) is 0 Å². The molecule has 0 saturated heterocycles. The monoisotopic (exact) mass is 311 g/mol. The van der Waals surface area contributed by atoms with Crippen molar-refractivity contribution in [1.29, 1.82) is 0 Å². The highest BCUT2D eigenvalue weighted by Gasteiger charge is 2.16. The van der Waals surface area contributed by atoms with E-state index in [1.54, 1.807) is 17.5 Å². The van der Waals surface area contributed by atoms with Crippen LogP contribution in [0.1, 0.15) is 10.4 Å². The Labute approximate surface area is 120 Å². The summed E-state index contributed by atoms with van der Waals surface area (Å²) in [6.07, 6.45) is 0. The third-order valence-corrected chi connectivity index (χ3v) is 5.33. The Morgan fingerprint density at radius 3 is 2.40 bits per heavy atom. The Hall–Kier alpha value is -2.06. The molecule has 2 rings (SSSR count). The summed E-state index contributed by atoms with van der Waals surface area (Å²) in [6, 6.07) is 7.53. The lowest BCUT2D eigenvalue weighted by atomic mass is 10.2. The summed E-state index contributed by atoms with van der Waals surface area (Å²) >= 11 is 1.05. The van der Waals surface area contributed by atoms with Gasteiger partial charge in [0.25, 0.3) is 15.9 Å². The van der Waals surface area contributed by atoms with Gasteiger partial charge in [-0.3, -0.25) is 9.52 Å². The Balaban J connectivity index is 2.20. The zero-order valence-electron chi connectivity index (χ0n) is 10.6. The second-order valence-electron chi connectivity index (χ2n) is 3.96. The van der Waals surface area contributed by atoms with Crippen LogP contribution in [-0.4, -0.2) is 21.4 Å². The van der Waals surface area contributed by atoms with Gasteiger partial charge >= 0.3 is 0 Å². The van der Waals surface area contributed by atoms with Gasteiger partial charge in [0, 0.05) is 29.4 Å². The van der Waals surface area contributed by atoms with Gasteiger partial charge in [-0.15, -0.1) is 11.3 Å². The van der Waals surface area contributed by atoms with Crippen molar-refractivity contribution >= 4 is 38.6 Å². The molecule has 1 aromatic heterocycles. The standard InChI is InChI=1S/C12H13N3O3S2/c1-14-12(16)8-2-4-10(5-3-8)15-20(17,18)11-6-9(13)7-19-11/h2-7,15H,13H2,1H3,(H,14,16). The summed E-state index contributed by atoms with van der Waals surface area (Å²) in [7, 11) is -2.12. The van der Waals surface area contributed by atoms with Gasteiger partial charge in [0.2, 0.25) is 0 Å². The fraction of sp³-hybridized carbons (Fsp3) is 0.0833. The first kappa shape index (κ1) is 14.4. The second kappa shape index (κ2) is 5.51. The van der Waals surface area contributed by atoms with E-state index in [1.165, 1.54) is 25.2 Å². The van der Waals surface area contributed by atoms with Crippen molar-refractivity contribution in [3.63, 3.8) is 0 Å². The molecule has 0 aliphatic carbocycles. The number of hydrogen-bond acceptors (Lipinski definition) is 5. The van der Waals surface area contributed by atoms with Gasteiger partial charge < -0.3 is 11.1 Å². The Bertz CT molecular complexity index is 721. The third-order valence-electron chi connectivity index (χ3n) is 2.49. The molecule has 1 aromatic carbocycles. The van der Waals surface area contributed by atoms with E-state index in [2.05, 4.69) is 10.0 Å². The van der Waals surface area contributed by atoms with Gasteiger partial charge in [0.05, 0.1) is 0 Å². The van der Waals surface area contributed by atoms with Crippen molar-refractivity contribution in [2.24, 2.45) is 0 Å². The van der Waals surface area contributed by atoms with E-state index in [0.717, 1.165) is 11.3 Å². The average Bonchev–Trinajstić information content (AvgIpc) is 2.86. The van der Waals surface area contributed by atoms with Gasteiger partial charge in [0.15, 0.2) is 0 Å². The van der Waals surface area contributed by atoms with Gasteiger partial charge in [0.1, 0.15) is 4.21 Å². The first-order chi connectivity index (χ1) is 9.42. The summed E-state index contributed by atoms with van der Waals surface area (Å²) in [5.41, 5.74) is 6.75. The van der Waals surface area contributed by atoms with E-state index < -0.39 is 10.0 Å². The van der Waals surface area contributed by atoms with E-state index >= 15 is 0 Å². The number of hydrogen-bond donors (Lipinski definition) is 3. The first-order valence-corrected chi connectivity index (χ1v) is 7.97. The zero-order chi connectivity index (χ0) is 14.8. The minimum absolute atomic E-state index is 0.144. The maximum Gasteiger partial charge on any atom is 0.271 e. The molecule has 0 fully saturated rings. The van der Waals surface area contributed by atoms with Crippen molar-refractivity contribution in [2.45, 2.75) is 4.21 Å². The van der Waals surface area contributed by atoms with Gasteiger partial charge in [-0.2, -0.15) is 0 Å². The van der Waals surface area contributed by atoms with Crippen LogP contribution in [0.25, 0.3) is 0 Å². The number of nitrogens with one attached hydrogen (secondary N) is 2. The van der Waals surface area contributed by atoms with E-state index in [-0.39, 0.29) is 10.1 Å². The van der Waals surface area contributed by atoms with E-state index in [4.69, 9.17) is 5.73 Å². The molecule has 4 N–H and O–H groups in total.